The van der Waals surface area contributed by atoms with Crippen molar-refractivity contribution in [3.8, 4) is 16.9 Å². The predicted octanol–water partition coefficient (Wildman–Crippen LogP) is 4.62. The fourth-order valence-electron chi connectivity index (χ4n) is 5.69. The highest BCUT2D eigenvalue weighted by atomic mass is 16.5. The molecule has 10 heteroatoms. The summed E-state index contributed by atoms with van der Waals surface area (Å²) in [4.78, 5) is 32.3. The molecule has 1 amide bonds. The topological polar surface area (TPSA) is 115 Å². The number of benzene rings is 1. The summed E-state index contributed by atoms with van der Waals surface area (Å²) in [5.74, 6) is -0.410. The lowest BCUT2D eigenvalue weighted by atomic mass is 9.82. The number of carboxylic acids is 1. The molecule has 6 rings (SSSR count). The van der Waals surface area contributed by atoms with E-state index < -0.39 is 5.97 Å². The minimum atomic E-state index is -1.10. The van der Waals surface area contributed by atoms with Gasteiger partial charge in [-0.2, -0.15) is 5.10 Å². The Morgan fingerprint density at radius 3 is 2.46 bits per heavy atom. The predicted molar refractivity (Wildman–Crippen MR) is 145 cm³/mol. The number of carbonyl (C=O) groups is 2. The lowest BCUT2D eigenvalue weighted by molar-refractivity contribution is -0.124. The first-order valence-corrected chi connectivity index (χ1v) is 13.6. The van der Waals surface area contributed by atoms with Gasteiger partial charge in [-0.1, -0.05) is 19.1 Å². The molecule has 0 spiro atoms. The highest BCUT2D eigenvalue weighted by Gasteiger charge is 2.37. The number of carboxylic acid groups (broad SMARTS) is 1. The Balaban J connectivity index is 1.34. The Hall–Kier alpha value is -4.05. The molecule has 0 bridgehead atoms. The molecule has 4 aromatic rings. The molecule has 1 aliphatic carbocycles. The van der Waals surface area contributed by atoms with Crippen molar-refractivity contribution in [1.82, 2.24) is 24.4 Å². The first-order valence-electron chi connectivity index (χ1n) is 13.6. The molecule has 0 atom stereocenters. The van der Waals surface area contributed by atoms with Crippen LogP contribution in [0.2, 0.25) is 0 Å². The first kappa shape index (κ1) is 25.2. The maximum atomic E-state index is 13.9. The van der Waals surface area contributed by atoms with Gasteiger partial charge in [-0.3, -0.25) is 9.69 Å². The second-order valence-corrected chi connectivity index (χ2v) is 10.6. The number of hydrogen-bond acceptors (Lipinski definition) is 6. The number of nitrogens with zero attached hydrogens (tertiary/aromatic N) is 6. The van der Waals surface area contributed by atoms with Crippen molar-refractivity contribution in [2.24, 2.45) is 11.8 Å². The van der Waals surface area contributed by atoms with E-state index in [1.807, 2.05) is 42.6 Å². The molecular formula is C29H32N6O4. The number of carbonyl (C=O) groups excluding carboxylic acids is 1. The molecule has 2 fully saturated rings. The average molecular weight is 529 g/mol. The van der Waals surface area contributed by atoms with Crippen molar-refractivity contribution >= 4 is 23.3 Å². The molecule has 3 aromatic heterocycles. The number of fused-ring (bicyclic) bond motifs is 1. The molecule has 1 N–H and O–H groups in total. The highest BCUT2D eigenvalue weighted by molar-refractivity contribution is 6.02. The minimum absolute atomic E-state index is 0.0163. The quantitative estimate of drug-likeness (QED) is 0.388. The Bertz CT molecular complexity index is 1450. The molecule has 10 nitrogen and oxygen atoms in total. The minimum Gasteiger partial charge on any atom is -0.477 e. The third-order valence-electron chi connectivity index (χ3n) is 7.98. The van der Waals surface area contributed by atoms with Gasteiger partial charge >= 0.3 is 5.97 Å². The van der Waals surface area contributed by atoms with Gasteiger partial charge in [-0.15, -0.1) is 5.10 Å². The number of hydrogen-bond donors (Lipinski definition) is 1. The van der Waals surface area contributed by atoms with Gasteiger partial charge in [0.2, 0.25) is 5.91 Å². The van der Waals surface area contributed by atoms with E-state index in [1.165, 1.54) is 6.20 Å². The average Bonchev–Trinajstić information content (AvgIpc) is 3.60. The molecule has 0 unspecified atom stereocenters. The maximum Gasteiger partial charge on any atom is 0.341 e. The molecule has 202 valence electrons. The standard InChI is InChI=1S/C29H32N6O4/c1-19-3-5-21(6-4-19)28(36)35(23-11-15-39-16-12-23)27-24(29(37)38)18-34(32-27)22-9-7-20(8-10-22)25-17-26-30-13-2-14-33(26)31-25/h2,7-10,13-14,17-19,21,23H,3-6,11-12,15-16H2,1H3,(H,37,38)/t19-,21-. The van der Waals surface area contributed by atoms with Gasteiger partial charge in [-0.05, 0) is 62.6 Å². The van der Waals surface area contributed by atoms with Gasteiger partial charge in [0, 0.05) is 55.4 Å². The third-order valence-corrected chi connectivity index (χ3v) is 7.98. The number of amides is 1. The Labute approximate surface area is 226 Å². The number of rotatable bonds is 6. The van der Waals surface area contributed by atoms with Crippen molar-refractivity contribution in [2.75, 3.05) is 18.1 Å². The molecule has 1 aromatic carbocycles. The lowest BCUT2D eigenvalue weighted by Crippen LogP contribution is -2.47. The van der Waals surface area contributed by atoms with E-state index in [0.29, 0.717) is 37.7 Å². The van der Waals surface area contributed by atoms with Gasteiger partial charge in [0.05, 0.1) is 11.4 Å². The number of aromatic carboxylic acids is 1. The van der Waals surface area contributed by atoms with Crippen LogP contribution in [-0.4, -0.2) is 60.6 Å². The summed E-state index contributed by atoms with van der Waals surface area (Å²) in [6, 6.07) is 11.2. The lowest BCUT2D eigenvalue weighted by Gasteiger charge is -2.37. The molecule has 39 heavy (non-hydrogen) atoms. The maximum absolute atomic E-state index is 13.9. The fraction of sp³-hybridized carbons (Fsp3) is 0.414. The zero-order valence-corrected chi connectivity index (χ0v) is 21.9. The van der Waals surface area contributed by atoms with E-state index in [-0.39, 0.29) is 29.2 Å². The van der Waals surface area contributed by atoms with Crippen LogP contribution in [0.4, 0.5) is 5.82 Å². The summed E-state index contributed by atoms with van der Waals surface area (Å²) in [5.41, 5.74) is 3.16. The van der Waals surface area contributed by atoms with Crippen LogP contribution in [0.3, 0.4) is 0 Å². The molecule has 1 saturated carbocycles. The van der Waals surface area contributed by atoms with Crippen molar-refractivity contribution in [1.29, 1.82) is 0 Å². The van der Waals surface area contributed by atoms with Gasteiger partial charge < -0.3 is 9.84 Å². The van der Waals surface area contributed by atoms with Crippen molar-refractivity contribution in [3.63, 3.8) is 0 Å². The van der Waals surface area contributed by atoms with E-state index in [1.54, 1.807) is 20.3 Å². The zero-order chi connectivity index (χ0) is 26.9. The monoisotopic (exact) mass is 528 g/mol. The van der Waals surface area contributed by atoms with Crippen LogP contribution in [0, 0.1) is 11.8 Å². The normalized spacial score (nSPS) is 20.2. The fourth-order valence-corrected chi connectivity index (χ4v) is 5.69. The van der Waals surface area contributed by atoms with E-state index in [9.17, 15) is 14.7 Å². The molecular weight excluding hydrogens is 496 g/mol. The van der Waals surface area contributed by atoms with Crippen molar-refractivity contribution in [2.45, 2.75) is 51.5 Å². The Morgan fingerprint density at radius 2 is 1.77 bits per heavy atom. The summed E-state index contributed by atoms with van der Waals surface area (Å²) < 4.78 is 8.82. The van der Waals surface area contributed by atoms with Gasteiger partial charge in [0.1, 0.15) is 5.56 Å². The smallest absolute Gasteiger partial charge is 0.341 e. The summed E-state index contributed by atoms with van der Waals surface area (Å²) >= 11 is 0. The first-order chi connectivity index (χ1) is 19.0. The Morgan fingerprint density at radius 1 is 1.03 bits per heavy atom. The van der Waals surface area contributed by atoms with E-state index in [0.717, 1.165) is 42.6 Å². The second kappa shape index (κ2) is 10.6. The van der Waals surface area contributed by atoms with Crippen LogP contribution < -0.4 is 4.90 Å². The summed E-state index contributed by atoms with van der Waals surface area (Å²) in [7, 11) is 0. The molecule has 1 aliphatic heterocycles. The SMILES string of the molecule is C[C@H]1CC[C@H](C(=O)N(c2nn(-c3ccc(-c4cc5ncccn5n4)cc3)cc2C(=O)O)C2CCOCC2)CC1. The third kappa shape index (κ3) is 5.04. The van der Waals surface area contributed by atoms with Gasteiger partial charge in [0.15, 0.2) is 11.5 Å². The summed E-state index contributed by atoms with van der Waals surface area (Å²) in [6.45, 7) is 3.30. The van der Waals surface area contributed by atoms with Gasteiger partial charge in [-0.25, -0.2) is 19.0 Å². The molecule has 2 aliphatic rings. The van der Waals surface area contributed by atoms with Crippen LogP contribution in [0.5, 0.6) is 0 Å². The van der Waals surface area contributed by atoms with Crippen molar-refractivity contribution < 1.29 is 19.4 Å². The second-order valence-electron chi connectivity index (χ2n) is 10.6. The largest absolute Gasteiger partial charge is 0.477 e. The van der Waals surface area contributed by atoms with E-state index >= 15 is 0 Å². The highest BCUT2D eigenvalue weighted by Crippen LogP contribution is 2.34. The van der Waals surface area contributed by atoms with Gasteiger partial charge in [0.25, 0.3) is 0 Å². The van der Waals surface area contributed by atoms with Crippen LogP contribution in [0.1, 0.15) is 55.8 Å². The van der Waals surface area contributed by atoms with E-state index in [4.69, 9.17) is 9.84 Å². The van der Waals surface area contributed by atoms with Crippen LogP contribution in [0.15, 0.2) is 55.0 Å². The van der Waals surface area contributed by atoms with Crippen LogP contribution >= 0.6 is 0 Å². The molecule has 1 saturated heterocycles. The molecule has 4 heterocycles. The van der Waals surface area contributed by atoms with Crippen molar-refractivity contribution in [3.05, 3.63) is 60.6 Å². The number of anilines is 1. The number of ether oxygens (including phenoxy) is 1. The molecule has 0 radical (unpaired) electrons. The Kier molecular flexibility index (Phi) is 6.86. The summed E-state index contributed by atoms with van der Waals surface area (Å²) in [6.07, 6.45) is 10.0. The van der Waals surface area contributed by atoms with E-state index in [2.05, 4.69) is 17.0 Å². The number of aromatic nitrogens is 5. The van der Waals surface area contributed by atoms with Crippen LogP contribution in [0.25, 0.3) is 22.6 Å². The van der Waals surface area contributed by atoms with Crippen LogP contribution in [-0.2, 0) is 9.53 Å². The zero-order valence-electron chi connectivity index (χ0n) is 21.9. The summed E-state index contributed by atoms with van der Waals surface area (Å²) in [5, 5.41) is 19.4.